The van der Waals surface area contributed by atoms with Crippen molar-refractivity contribution >= 4 is 33.2 Å². The minimum absolute atomic E-state index is 0.00430. The molecule has 162 valence electrons. The Bertz CT molecular complexity index is 1110. The molecule has 0 bridgehead atoms. The Morgan fingerprint density at radius 3 is 2.71 bits per heavy atom. The van der Waals surface area contributed by atoms with E-state index < -0.39 is 0 Å². The molecule has 31 heavy (non-hydrogen) atoms. The molecule has 1 aliphatic heterocycles. The summed E-state index contributed by atoms with van der Waals surface area (Å²) in [5, 5.41) is 1.10. The molecular weight excluding hydrogens is 411 g/mol. The maximum Gasteiger partial charge on any atom is 0.263 e. The van der Waals surface area contributed by atoms with Gasteiger partial charge in [-0.15, -0.1) is 11.3 Å². The lowest BCUT2D eigenvalue weighted by molar-refractivity contribution is -0.134. The average molecular weight is 439 g/mol. The molecule has 1 aromatic heterocycles. The monoisotopic (exact) mass is 438 g/mol. The normalized spacial score (nSPS) is 16.5. The summed E-state index contributed by atoms with van der Waals surface area (Å²) >= 11 is 1.53. The molecule has 0 aliphatic carbocycles. The van der Waals surface area contributed by atoms with Crippen molar-refractivity contribution in [2.75, 3.05) is 20.6 Å². The van der Waals surface area contributed by atoms with Crippen LogP contribution in [-0.4, -0.2) is 48.3 Å². The highest BCUT2D eigenvalue weighted by Gasteiger charge is 2.30. The summed E-state index contributed by atoms with van der Waals surface area (Å²) in [6.07, 6.45) is 3.80. The predicted octanol–water partition coefficient (Wildman–Crippen LogP) is 4.91. The molecule has 1 fully saturated rings. The van der Waals surface area contributed by atoms with Crippen molar-refractivity contribution in [3.8, 4) is 0 Å². The van der Waals surface area contributed by atoms with Gasteiger partial charge in [-0.3, -0.25) is 9.59 Å². The summed E-state index contributed by atoms with van der Waals surface area (Å²) in [7, 11) is 3.54. The number of carbonyl (C=O) groups is 2. The van der Waals surface area contributed by atoms with Crippen LogP contribution in [0.15, 0.2) is 48.5 Å². The van der Waals surface area contributed by atoms with E-state index in [9.17, 15) is 14.0 Å². The highest BCUT2D eigenvalue weighted by atomic mass is 32.1. The van der Waals surface area contributed by atoms with E-state index in [-0.39, 0.29) is 30.1 Å². The lowest BCUT2D eigenvalue weighted by Gasteiger charge is -2.36. The third-order valence-electron chi connectivity index (χ3n) is 5.93. The number of likely N-dealkylation sites (tertiary alicyclic amines) is 1. The van der Waals surface area contributed by atoms with Gasteiger partial charge in [0.15, 0.2) is 0 Å². The number of amides is 2. The zero-order valence-electron chi connectivity index (χ0n) is 17.9. The summed E-state index contributed by atoms with van der Waals surface area (Å²) < 4.78 is 14.7. The second-order valence-corrected chi connectivity index (χ2v) is 9.41. The van der Waals surface area contributed by atoms with Gasteiger partial charge >= 0.3 is 0 Å². The van der Waals surface area contributed by atoms with E-state index in [2.05, 4.69) is 6.07 Å². The van der Waals surface area contributed by atoms with Crippen LogP contribution < -0.4 is 0 Å². The van der Waals surface area contributed by atoms with Gasteiger partial charge in [-0.05, 0) is 60.4 Å². The van der Waals surface area contributed by atoms with Crippen molar-refractivity contribution in [1.29, 1.82) is 0 Å². The number of hydrogen-bond donors (Lipinski definition) is 0. The summed E-state index contributed by atoms with van der Waals surface area (Å²) in [6, 6.07) is 14.4. The van der Waals surface area contributed by atoms with E-state index in [0.29, 0.717) is 18.5 Å². The highest BCUT2D eigenvalue weighted by Crippen LogP contribution is 2.35. The third-order valence-corrected chi connectivity index (χ3v) is 7.13. The van der Waals surface area contributed by atoms with Crippen LogP contribution in [-0.2, 0) is 17.6 Å². The highest BCUT2D eigenvalue weighted by molar-refractivity contribution is 7.21. The largest absolute Gasteiger partial charge is 0.344 e. The molecule has 0 saturated carbocycles. The molecule has 2 aromatic carbocycles. The lowest BCUT2D eigenvalue weighted by atomic mass is 9.93. The maximum absolute atomic E-state index is 13.6. The van der Waals surface area contributed by atoms with Crippen molar-refractivity contribution in [2.45, 2.75) is 38.1 Å². The van der Waals surface area contributed by atoms with Gasteiger partial charge in [0.2, 0.25) is 5.91 Å². The number of rotatable bonds is 5. The molecule has 1 saturated heterocycles. The van der Waals surface area contributed by atoms with Crippen LogP contribution in [0.25, 0.3) is 10.1 Å². The Hall–Kier alpha value is -2.73. The van der Waals surface area contributed by atoms with Crippen LogP contribution in [0.3, 0.4) is 0 Å². The Kier molecular flexibility index (Phi) is 6.37. The Morgan fingerprint density at radius 1 is 1.13 bits per heavy atom. The Morgan fingerprint density at radius 2 is 1.94 bits per heavy atom. The summed E-state index contributed by atoms with van der Waals surface area (Å²) in [6.45, 7) is 0.706. The standard InChI is InChI=1S/C25H27FN2O2S/c1-27(2)25(30)24-21(20-11-3-4-12-22(20)31-24)16-19-10-5-6-13-28(19)23(29)15-17-8-7-9-18(26)14-17/h3-4,7-9,11-12,14,19H,5-6,10,13,15-16H2,1-2H3/t19-/m0/s1. The number of piperidine rings is 1. The van der Waals surface area contributed by atoms with Crippen molar-refractivity contribution < 1.29 is 14.0 Å². The Balaban J connectivity index is 1.62. The average Bonchev–Trinajstić information content (AvgIpc) is 3.12. The first kappa shape index (κ1) is 21.5. The minimum Gasteiger partial charge on any atom is -0.344 e. The first-order chi connectivity index (χ1) is 14.9. The molecule has 0 radical (unpaired) electrons. The summed E-state index contributed by atoms with van der Waals surface area (Å²) in [4.78, 5) is 30.3. The van der Waals surface area contributed by atoms with E-state index in [0.717, 1.165) is 39.8 Å². The third kappa shape index (κ3) is 4.64. The lowest BCUT2D eigenvalue weighted by Crippen LogP contribution is -2.45. The predicted molar refractivity (Wildman–Crippen MR) is 123 cm³/mol. The molecule has 0 spiro atoms. The van der Waals surface area contributed by atoms with Gasteiger partial charge in [0.1, 0.15) is 5.82 Å². The molecule has 0 N–H and O–H groups in total. The van der Waals surface area contributed by atoms with Crippen molar-refractivity contribution in [2.24, 2.45) is 0 Å². The smallest absolute Gasteiger partial charge is 0.263 e. The topological polar surface area (TPSA) is 40.6 Å². The molecular formula is C25H27FN2O2S. The molecule has 2 amide bonds. The molecule has 4 rings (SSSR count). The van der Waals surface area contributed by atoms with Gasteiger partial charge in [-0.1, -0.05) is 30.3 Å². The first-order valence-electron chi connectivity index (χ1n) is 10.7. The van der Waals surface area contributed by atoms with Gasteiger partial charge in [0.05, 0.1) is 11.3 Å². The van der Waals surface area contributed by atoms with E-state index in [1.54, 1.807) is 31.1 Å². The molecule has 6 heteroatoms. The fourth-order valence-corrected chi connectivity index (χ4v) is 5.63. The minimum atomic E-state index is -0.322. The Labute approximate surface area is 186 Å². The summed E-state index contributed by atoms with van der Waals surface area (Å²) in [5.41, 5.74) is 1.73. The van der Waals surface area contributed by atoms with E-state index in [1.165, 1.54) is 23.5 Å². The quantitative estimate of drug-likeness (QED) is 0.568. The number of carbonyl (C=O) groups excluding carboxylic acids is 2. The van der Waals surface area contributed by atoms with E-state index in [4.69, 9.17) is 0 Å². The van der Waals surface area contributed by atoms with Crippen LogP contribution in [0.2, 0.25) is 0 Å². The van der Waals surface area contributed by atoms with Gasteiger partial charge < -0.3 is 9.80 Å². The van der Waals surface area contributed by atoms with Gasteiger partial charge in [-0.25, -0.2) is 4.39 Å². The van der Waals surface area contributed by atoms with Crippen molar-refractivity contribution in [3.63, 3.8) is 0 Å². The van der Waals surface area contributed by atoms with Gasteiger partial charge in [0.25, 0.3) is 5.91 Å². The van der Waals surface area contributed by atoms with Crippen LogP contribution in [0.5, 0.6) is 0 Å². The molecule has 3 aromatic rings. The molecule has 1 aliphatic rings. The second kappa shape index (κ2) is 9.18. The number of hydrogen-bond acceptors (Lipinski definition) is 3. The number of fused-ring (bicyclic) bond motifs is 1. The van der Waals surface area contributed by atoms with Crippen LogP contribution in [0, 0.1) is 5.82 Å². The fraction of sp³-hybridized carbons (Fsp3) is 0.360. The zero-order valence-corrected chi connectivity index (χ0v) is 18.8. The van der Waals surface area contributed by atoms with Crippen LogP contribution >= 0.6 is 11.3 Å². The van der Waals surface area contributed by atoms with Crippen molar-refractivity contribution in [3.05, 3.63) is 70.4 Å². The number of benzene rings is 2. The molecule has 4 nitrogen and oxygen atoms in total. The number of thiophene rings is 1. The van der Waals surface area contributed by atoms with Crippen molar-refractivity contribution in [1.82, 2.24) is 9.80 Å². The van der Waals surface area contributed by atoms with Crippen LogP contribution in [0.4, 0.5) is 4.39 Å². The summed E-state index contributed by atoms with van der Waals surface area (Å²) in [5.74, 6) is -0.294. The number of halogens is 1. The van der Waals surface area contributed by atoms with Gasteiger partial charge in [0, 0.05) is 31.4 Å². The number of nitrogens with zero attached hydrogens (tertiary/aromatic N) is 2. The van der Waals surface area contributed by atoms with Gasteiger partial charge in [-0.2, -0.15) is 0 Å². The second-order valence-electron chi connectivity index (χ2n) is 8.35. The fourth-order valence-electron chi connectivity index (χ4n) is 4.38. The first-order valence-corrected chi connectivity index (χ1v) is 11.5. The van der Waals surface area contributed by atoms with Crippen LogP contribution in [0.1, 0.15) is 40.1 Å². The zero-order chi connectivity index (χ0) is 22.0. The maximum atomic E-state index is 13.6. The van der Waals surface area contributed by atoms with E-state index >= 15 is 0 Å². The SMILES string of the molecule is CN(C)C(=O)c1sc2ccccc2c1C[C@@H]1CCCCN1C(=O)Cc1cccc(F)c1. The molecule has 0 unspecified atom stereocenters. The van der Waals surface area contributed by atoms with E-state index in [1.807, 2.05) is 23.1 Å². The molecule has 2 heterocycles. The molecule has 1 atom stereocenters.